The smallest absolute Gasteiger partial charge is 0.272 e. The zero-order valence-corrected chi connectivity index (χ0v) is 21.6. The summed E-state index contributed by atoms with van der Waals surface area (Å²) < 4.78 is 23.2. The minimum atomic E-state index is -0.744. The minimum Gasteiger partial charge on any atom is -0.489 e. The van der Waals surface area contributed by atoms with Gasteiger partial charge < -0.3 is 10.5 Å². The van der Waals surface area contributed by atoms with Gasteiger partial charge in [0.1, 0.15) is 17.4 Å². The molecule has 3 N–H and O–H groups in total. The van der Waals surface area contributed by atoms with Crippen molar-refractivity contribution in [2.24, 2.45) is 12.8 Å². The minimum absolute atomic E-state index is 0.0000836. The normalized spacial score (nSPS) is 13.0. The molecule has 1 aliphatic carbocycles. The summed E-state index contributed by atoms with van der Waals surface area (Å²) in [6.45, 7) is 0.0915. The Morgan fingerprint density at radius 1 is 1.21 bits per heavy atom. The fourth-order valence-electron chi connectivity index (χ4n) is 4.85. The number of hydrogen-bond donors (Lipinski definition) is 2. The van der Waals surface area contributed by atoms with Gasteiger partial charge in [-0.05, 0) is 41.7 Å². The number of aryl methyl sites for hydroxylation is 1. The maximum absolute atomic E-state index is 15.7. The lowest BCUT2D eigenvalue weighted by Crippen LogP contribution is -2.14. The third kappa shape index (κ3) is 4.24. The molecule has 2 heterocycles. The van der Waals surface area contributed by atoms with Crippen LogP contribution in [0.3, 0.4) is 0 Å². The summed E-state index contributed by atoms with van der Waals surface area (Å²) in [4.78, 5) is 13.0. The Labute approximate surface area is 227 Å². The van der Waals surface area contributed by atoms with Crippen molar-refractivity contribution >= 4 is 22.4 Å². The van der Waals surface area contributed by atoms with Gasteiger partial charge in [0.05, 0.1) is 39.7 Å². The van der Waals surface area contributed by atoms with E-state index in [-0.39, 0.29) is 40.1 Å². The van der Waals surface area contributed by atoms with E-state index in [1.54, 1.807) is 19.3 Å². The zero-order valence-electron chi connectivity index (χ0n) is 20.8. The Bertz CT molecular complexity index is 1850. The second kappa shape index (κ2) is 9.66. The summed E-state index contributed by atoms with van der Waals surface area (Å²) in [5.74, 6) is -0.510. The van der Waals surface area contributed by atoms with Crippen LogP contribution in [-0.2, 0) is 13.6 Å². The van der Waals surface area contributed by atoms with Crippen LogP contribution >= 0.6 is 11.6 Å². The van der Waals surface area contributed by atoms with Crippen molar-refractivity contribution in [2.45, 2.75) is 25.5 Å². The molecule has 3 aromatic carbocycles. The van der Waals surface area contributed by atoms with Gasteiger partial charge in [-0.1, -0.05) is 41.9 Å². The first-order chi connectivity index (χ1) is 18.9. The van der Waals surface area contributed by atoms with Gasteiger partial charge in [-0.3, -0.25) is 9.48 Å². The van der Waals surface area contributed by atoms with Gasteiger partial charge in [0.25, 0.3) is 5.56 Å². The Kier molecular flexibility index (Phi) is 6.14. The zero-order chi connectivity index (χ0) is 27.3. The number of ether oxygens (including phenoxy) is 1. The average Bonchev–Trinajstić information content (AvgIpc) is 3.69. The van der Waals surface area contributed by atoms with E-state index < -0.39 is 5.82 Å². The number of hydrogen-bond acceptors (Lipinski definition) is 6. The summed E-state index contributed by atoms with van der Waals surface area (Å²) in [6, 6.07) is 16.6. The first-order valence-corrected chi connectivity index (χ1v) is 12.7. The molecule has 1 fully saturated rings. The number of fused-ring (bicyclic) bond motifs is 1. The van der Waals surface area contributed by atoms with Crippen molar-refractivity contribution in [3.05, 3.63) is 87.2 Å². The molecule has 0 aliphatic heterocycles. The molecule has 6 rings (SSSR count). The van der Waals surface area contributed by atoms with Gasteiger partial charge in [0.15, 0.2) is 5.82 Å². The van der Waals surface area contributed by atoms with Crippen molar-refractivity contribution in [2.75, 3.05) is 0 Å². The molecular weight excluding hydrogens is 519 g/mol. The number of nitrogens with zero attached hydrogens (tertiary/aromatic N) is 4. The monoisotopic (exact) mass is 540 g/mol. The number of halogens is 2. The van der Waals surface area contributed by atoms with E-state index in [4.69, 9.17) is 22.1 Å². The van der Waals surface area contributed by atoms with Gasteiger partial charge in [0.2, 0.25) is 0 Å². The molecule has 1 aliphatic rings. The number of nitrogens with two attached hydrogens (primary N) is 1. The average molecular weight is 541 g/mol. The Balaban J connectivity index is 1.67. The molecule has 5 aromatic rings. The van der Waals surface area contributed by atoms with Gasteiger partial charge >= 0.3 is 0 Å². The van der Waals surface area contributed by atoms with Crippen molar-refractivity contribution in [1.82, 2.24) is 20.0 Å². The van der Waals surface area contributed by atoms with Gasteiger partial charge in [-0.2, -0.15) is 15.5 Å². The third-order valence-electron chi connectivity index (χ3n) is 6.85. The predicted octanol–water partition coefficient (Wildman–Crippen LogP) is 5.32. The Morgan fingerprint density at radius 3 is 2.67 bits per heavy atom. The highest BCUT2D eigenvalue weighted by Gasteiger charge is 2.30. The predicted molar refractivity (Wildman–Crippen MR) is 147 cm³/mol. The number of nitriles is 1. The standard InChI is InChI=1S/C29H22ClFN6O2/c1-37-28(26-20(12-32)24(39-17-7-8-17)11-22(30)27(26)31)21(14-34-37)16-9-18(15-5-3-2-4-6-15)25-19(10-16)23(13-33)35-36-29(25)38/h2-6,9-11,14,17H,7-8,13,33H2,1H3,(H,36,38). The van der Waals surface area contributed by atoms with Crippen molar-refractivity contribution < 1.29 is 9.13 Å². The van der Waals surface area contributed by atoms with Gasteiger partial charge in [-0.15, -0.1) is 0 Å². The molecule has 2 aromatic heterocycles. The summed E-state index contributed by atoms with van der Waals surface area (Å²) >= 11 is 6.31. The van der Waals surface area contributed by atoms with E-state index in [2.05, 4.69) is 21.4 Å². The lowest BCUT2D eigenvalue weighted by atomic mass is 9.91. The van der Waals surface area contributed by atoms with Crippen LogP contribution in [0, 0.1) is 17.1 Å². The first kappa shape index (κ1) is 24.8. The van der Waals surface area contributed by atoms with Crippen LogP contribution in [-0.4, -0.2) is 26.1 Å². The van der Waals surface area contributed by atoms with Crippen LogP contribution in [0.1, 0.15) is 24.1 Å². The number of rotatable bonds is 6. The van der Waals surface area contributed by atoms with Crippen LogP contribution in [0.4, 0.5) is 4.39 Å². The van der Waals surface area contributed by atoms with Crippen LogP contribution in [0.25, 0.3) is 44.3 Å². The summed E-state index contributed by atoms with van der Waals surface area (Å²) in [5.41, 5.74) is 9.16. The molecule has 0 bridgehead atoms. The fraction of sp³-hybridized carbons (Fsp3) is 0.172. The van der Waals surface area contributed by atoms with E-state index in [9.17, 15) is 10.1 Å². The molecule has 0 radical (unpaired) electrons. The summed E-state index contributed by atoms with van der Waals surface area (Å²) in [6.07, 6.45) is 3.30. The second-order valence-electron chi connectivity index (χ2n) is 9.40. The van der Waals surface area contributed by atoms with Crippen molar-refractivity contribution in [3.63, 3.8) is 0 Å². The van der Waals surface area contributed by atoms with Gasteiger partial charge in [-0.25, -0.2) is 9.49 Å². The molecule has 0 unspecified atom stereocenters. The molecule has 194 valence electrons. The van der Waals surface area contributed by atoms with Gasteiger partial charge in [0, 0.05) is 30.6 Å². The molecule has 39 heavy (non-hydrogen) atoms. The Hall–Kier alpha value is -4.52. The molecular formula is C29H22ClFN6O2. The molecule has 0 atom stereocenters. The lowest BCUT2D eigenvalue weighted by Gasteiger charge is -2.16. The topological polar surface area (TPSA) is 123 Å². The van der Waals surface area contributed by atoms with Crippen LogP contribution in [0.5, 0.6) is 5.75 Å². The molecule has 0 amide bonds. The molecule has 0 saturated heterocycles. The highest BCUT2D eigenvalue weighted by molar-refractivity contribution is 6.31. The first-order valence-electron chi connectivity index (χ1n) is 12.3. The summed E-state index contributed by atoms with van der Waals surface area (Å²) in [7, 11) is 1.67. The van der Waals surface area contributed by atoms with Crippen LogP contribution < -0.4 is 16.0 Å². The van der Waals surface area contributed by atoms with E-state index in [1.807, 2.05) is 36.4 Å². The maximum Gasteiger partial charge on any atom is 0.272 e. The van der Waals surface area contributed by atoms with Crippen molar-refractivity contribution in [1.29, 1.82) is 5.26 Å². The Morgan fingerprint density at radius 2 is 1.97 bits per heavy atom. The number of H-pyrrole nitrogens is 1. The van der Waals surface area contributed by atoms with E-state index in [0.29, 0.717) is 38.9 Å². The SMILES string of the molecule is Cn1ncc(-c2cc(-c3ccccc3)c3c(=O)[nH]nc(CN)c3c2)c1-c1c(F)c(Cl)cc(OC2CC2)c1C#N. The maximum atomic E-state index is 15.7. The second-order valence-corrected chi connectivity index (χ2v) is 9.80. The quantitative estimate of drug-likeness (QED) is 0.300. The number of aromatic amines is 1. The van der Waals surface area contributed by atoms with Crippen molar-refractivity contribution in [3.8, 4) is 45.3 Å². The molecule has 0 spiro atoms. The molecule has 10 heteroatoms. The third-order valence-corrected chi connectivity index (χ3v) is 7.12. The molecule has 1 saturated carbocycles. The van der Waals surface area contributed by atoms with Crippen LogP contribution in [0.2, 0.25) is 5.02 Å². The largest absolute Gasteiger partial charge is 0.489 e. The van der Waals surface area contributed by atoms with E-state index in [0.717, 1.165) is 18.4 Å². The molecule has 8 nitrogen and oxygen atoms in total. The van der Waals surface area contributed by atoms with Crippen LogP contribution in [0.15, 0.2) is 59.5 Å². The summed E-state index contributed by atoms with van der Waals surface area (Å²) in [5, 5.41) is 22.1. The van der Waals surface area contributed by atoms with E-state index >= 15 is 4.39 Å². The fourth-order valence-corrected chi connectivity index (χ4v) is 5.04. The highest BCUT2D eigenvalue weighted by Crippen LogP contribution is 2.44. The number of nitrogens with one attached hydrogen (secondary N) is 1. The highest BCUT2D eigenvalue weighted by atomic mass is 35.5. The number of benzene rings is 3. The van der Waals surface area contributed by atoms with E-state index in [1.165, 1.54) is 10.7 Å². The number of aromatic nitrogens is 4. The lowest BCUT2D eigenvalue weighted by molar-refractivity contribution is 0.302.